The zero-order chi connectivity index (χ0) is 13.2. The fraction of sp³-hybridized carbons (Fsp3) is 0.0909. The number of halogens is 1. The van der Waals surface area contributed by atoms with E-state index >= 15 is 0 Å². The van der Waals surface area contributed by atoms with Crippen LogP contribution < -0.4 is 10.5 Å². The van der Waals surface area contributed by atoms with Crippen molar-refractivity contribution < 1.29 is 8.42 Å². The maximum atomic E-state index is 12.1. The van der Waals surface area contributed by atoms with Gasteiger partial charge in [0.15, 0.2) is 0 Å². The van der Waals surface area contributed by atoms with Crippen LogP contribution in [-0.2, 0) is 16.6 Å². The molecule has 0 aliphatic carbocycles. The van der Waals surface area contributed by atoms with E-state index in [1.165, 1.54) is 17.4 Å². The van der Waals surface area contributed by atoms with Crippen LogP contribution in [-0.4, -0.2) is 8.42 Å². The molecule has 0 bridgehead atoms. The predicted octanol–water partition coefficient (Wildman–Crippen LogP) is 2.57. The highest BCUT2D eigenvalue weighted by atomic mass is 79.9. The van der Waals surface area contributed by atoms with Crippen molar-refractivity contribution >= 4 is 43.0 Å². The first kappa shape index (κ1) is 13.5. The Balaban J connectivity index is 2.22. The van der Waals surface area contributed by atoms with Gasteiger partial charge in [-0.3, -0.25) is 0 Å². The number of benzene rings is 1. The van der Waals surface area contributed by atoms with Crippen LogP contribution in [0, 0.1) is 0 Å². The van der Waals surface area contributed by atoms with Crippen molar-refractivity contribution in [3.63, 3.8) is 0 Å². The fourth-order valence-corrected chi connectivity index (χ4v) is 4.12. The topological polar surface area (TPSA) is 72.2 Å². The summed E-state index contributed by atoms with van der Waals surface area (Å²) in [4.78, 5) is 1.11. The summed E-state index contributed by atoms with van der Waals surface area (Å²) in [5.41, 5.74) is 6.02. The number of nitrogen functional groups attached to an aromatic ring is 1. The molecule has 3 N–H and O–H groups in total. The monoisotopic (exact) mass is 346 g/mol. The summed E-state index contributed by atoms with van der Waals surface area (Å²) in [7, 11) is -3.56. The molecule has 0 spiro atoms. The second-order valence-electron chi connectivity index (χ2n) is 3.59. The van der Waals surface area contributed by atoms with Gasteiger partial charge in [-0.15, -0.1) is 11.3 Å². The van der Waals surface area contributed by atoms with Crippen molar-refractivity contribution in [3.8, 4) is 0 Å². The summed E-state index contributed by atoms with van der Waals surface area (Å²) >= 11 is 4.72. The van der Waals surface area contributed by atoms with Crippen molar-refractivity contribution in [2.24, 2.45) is 0 Å². The molecule has 0 atom stereocenters. The van der Waals surface area contributed by atoms with Crippen LogP contribution in [0.3, 0.4) is 0 Å². The van der Waals surface area contributed by atoms with Gasteiger partial charge in [0, 0.05) is 21.6 Å². The lowest BCUT2D eigenvalue weighted by Crippen LogP contribution is -2.23. The second-order valence-corrected chi connectivity index (χ2v) is 7.22. The average molecular weight is 347 g/mol. The number of nitrogens with one attached hydrogen (secondary N) is 1. The second kappa shape index (κ2) is 5.40. The van der Waals surface area contributed by atoms with E-state index in [1.807, 2.05) is 17.5 Å². The van der Waals surface area contributed by atoms with Crippen LogP contribution in [0.15, 0.2) is 45.1 Å². The van der Waals surface area contributed by atoms with Gasteiger partial charge in [-0.2, -0.15) is 0 Å². The standard InChI is InChI=1S/C11H11BrN2O2S2/c12-10-4-3-8(13)6-11(10)18(15,16)14-7-9-2-1-5-17-9/h1-6,14H,7,13H2. The molecule has 0 amide bonds. The molecule has 1 aromatic carbocycles. The highest BCUT2D eigenvalue weighted by Crippen LogP contribution is 2.24. The molecule has 0 fully saturated rings. The Hall–Kier alpha value is -0.890. The first-order chi connectivity index (χ1) is 8.49. The number of hydrogen-bond acceptors (Lipinski definition) is 4. The van der Waals surface area contributed by atoms with Crippen LogP contribution in [0.4, 0.5) is 5.69 Å². The van der Waals surface area contributed by atoms with E-state index in [4.69, 9.17) is 5.73 Å². The van der Waals surface area contributed by atoms with Gasteiger partial charge < -0.3 is 5.73 Å². The highest BCUT2D eigenvalue weighted by Gasteiger charge is 2.17. The van der Waals surface area contributed by atoms with Gasteiger partial charge >= 0.3 is 0 Å². The Morgan fingerprint density at radius 1 is 1.33 bits per heavy atom. The predicted molar refractivity (Wildman–Crippen MR) is 76.9 cm³/mol. The van der Waals surface area contributed by atoms with Crippen LogP contribution in [0.5, 0.6) is 0 Å². The minimum atomic E-state index is -3.56. The Morgan fingerprint density at radius 3 is 2.78 bits per heavy atom. The van der Waals surface area contributed by atoms with Gasteiger partial charge in [-0.25, -0.2) is 13.1 Å². The average Bonchev–Trinajstić information content (AvgIpc) is 2.83. The molecule has 0 radical (unpaired) electrons. The lowest BCUT2D eigenvalue weighted by atomic mass is 10.3. The first-order valence-electron chi connectivity index (χ1n) is 5.06. The zero-order valence-electron chi connectivity index (χ0n) is 9.26. The molecule has 0 aliphatic rings. The number of nitrogens with two attached hydrogens (primary N) is 1. The van der Waals surface area contributed by atoms with Gasteiger partial charge in [0.1, 0.15) is 0 Å². The van der Waals surface area contributed by atoms with Crippen LogP contribution in [0.2, 0.25) is 0 Å². The van der Waals surface area contributed by atoms with Crippen LogP contribution in [0.25, 0.3) is 0 Å². The van der Waals surface area contributed by atoms with E-state index < -0.39 is 10.0 Å². The minimum absolute atomic E-state index is 0.152. The van der Waals surface area contributed by atoms with Crippen molar-refractivity contribution in [1.29, 1.82) is 0 Å². The van der Waals surface area contributed by atoms with Gasteiger partial charge in [-0.05, 0) is 45.6 Å². The van der Waals surface area contributed by atoms with Crippen molar-refractivity contribution in [2.75, 3.05) is 5.73 Å². The van der Waals surface area contributed by atoms with Gasteiger partial charge in [0.2, 0.25) is 10.0 Å². The number of sulfonamides is 1. The van der Waals surface area contributed by atoms with E-state index in [-0.39, 0.29) is 11.4 Å². The fourth-order valence-electron chi connectivity index (χ4n) is 1.38. The molecule has 2 rings (SSSR count). The van der Waals surface area contributed by atoms with Crippen LogP contribution >= 0.6 is 27.3 Å². The molecule has 0 saturated carbocycles. The molecule has 7 heteroatoms. The highest BCUT2D eigenvalue weighted by molar-refractivity contribution is 9.10. The summed E-state index contributed by atoms with van der Waals surface area (Å²) in [6.45, 7) is 0.279. The van der Waals surface area contributed by atoms with Gasteiger partial charge in [0.25, 0.3) is 0 Å². The van der Waals surface area contributed by atoms with E-state index in [0.717, 1.165) is 4.88 Å². The van der Waals surface area contributed by atoms with Crippen molar-refractivity contribution in [3.05, 3.63) is 45.1 Å². The molecule has 1 heterocycles. The number of thiophene rings is 1. The van der Waals surface area contributed by atoms with E-state index in [0.29, 0.717) is 10.2 Å². The third kappa shape index (κ3) is 3.11. The van der Waals surface area contributed by atoms with Crippen molar-refractivity contribution in [1.82, 2.24) is 4.72 Å². The molecule has 0 saturated heterocycles. The number of anilines is 1. The van der Waals surface area contributed by atoms with E-state index in [2.05, 4.69) is 20.7 Å². The molecule has 0 unspecified atom stereocenters. The Kier molecular flexibility index (Phi) is 4.06. The molecule has 18 heavy (non-hydrogen) atoms. The smallest absolute Gasteiger partial charge is 0.242 e. The van der Waals surface area contributed by atoms with E-state index in [1.54, 1.807) is 12.1 Å². The third-order valence-electron chi connectivity index (χ3n) is 2.26. The quantitative estimate of drug-likeness (QED) is 0.835. The number of hydrogen-bond donors (Lipinski definition) is 2. The first-order valence-corrected chi connectivity index (χ1v) is 8.22. The SMILES string of the molecule is Nc1ccc(Br)c(S(=O)(=O)NCc2cccs2)c1. The summed E-state index contributed by atoms with van der Waals surface area (Å²) in [5.74, 6) is 0. The molecule has 96 valence electrons. The Labute approximate surface area is 118 Å². The summed E-state index contributed by atoms with van der Waals surface area (Å²) in [6, 6.07) is 8.45. The summed E-state index contributed by atoms with van der Waals surface area (Å²) in [6.07, 6.45) is 0. The minimum Gasteiger partial charge on any atom is -0.399 e. The molecular formula is C11H11BrN2O2S2. The molecule has 4 nitrogen and oxygen atoms in total. The lowest BCUT2D eigenvalue weighted by molar-refractivity contribution is 0.581. The third-order valence-corrected chi connectivity index (χ3v) is 5.53. The molecule has 2 aromatic rings. The molecular weight excluding hydrogens is 336 g/mol. The Bertz CT molecular complexity index is 639. The Morgan fingerprint density at radius 2 is 2.11 bits per heavy atom. The molecule has 0 aliphatic heterocycles. The van der Waals surface area contributed by atoms with Crippen LogP contribution in [0.1, 0.15) is 4.88 Å². The summed E-state index contributed by atoms with van der Waals surface area (Å²) in [5, 5.41) is 1.90. The number of rotatable bonds is 4. The maximum Gasteiger partial charge on any atom is 0.242 e. The lowest BCUT2D eigenvalue weighted by Gasteiger charge is -2.08. The normalized spacial score (nSPS) is 11.6. The molecule has 1 aromatic heterocycles. The van der Waals surface area contributed by atoms with Gasteiger partial charge in [0.05, 0.1) is 4.90 Å². The van der Waals surface area contributed by atoms with Crippen molar-refractivity contribution in [2.45, 2.75) is 11.4 Å². The van der Waals surface area contributed by atoms with E-state index in [9.17, 15) is 8.42 Å². The zero-order valence-corrected chi connectivity index (χ0v) is 12.5. The summed E-state index contributed by atoms with van der Waals surface area (Å²) < 4.78 is 27.3. The van der Waals surface area contributed by atoms with Gasteiger partial charge in [-0.1, -0.05) is 6.07 Å². The largest absolute Gasteiger partial charge is 0.399 e. The maximum absolute atomic E-state index is 12.1.